The standard InChI is InChI=1S/C20H23FN2O2/c1-25-19-8-4-16(5-9-19)17-10-11-23(13-17)14-20(24)22-12-15-2-6-18(21)7-3-15/h2-9,17H,10-14H2,1H3,(H,22,24). The van der Waals surface area contributed by atoms with Crippen molar-refractivity contribution in [2.45, 2.75) is 18.9 Å². The number of likely N-dealkylation sites (tertiary alicyclic amines) is 1. The third-order valence-electron chi connectivity index (χ3n) is 4.63. The number of methoxy groups -OCH3 is 1. The molecule has 0 spiro atoms. The van der Waals surface area contributed by atoms with Gasteiger partial charge in [0.25, 0.3) is 0 Å². The Balaban J connectivity index is 1.45. The minimum absolute atomic E-state index is 0.000272. The Hall–Kier alpha value is -2.40. The minimum atomic E-state index is -0.267. The second-order valence-electron chi connectivity index (χ2n) is 6.40. The summed E-state index contributed by atoms with van der Waals surface area (Å²) >= 11 is 0. The van der Waals surface area contributed by atoms with E-state index in [4.69, 9.17) is 4.74 Å². The lowest BCUT2D eigenvalue weighted by Gasteiger charge is -2.16. The molecule has 4 nitrogen and oxygen atoms in total. The predicted molar refractivity (Wildman–Crippen MR) is 95.0 cm³/mol. The van der Waals surface area contributed by atoms with Crippen molar-refractivity contribution in [1.82, 2.24) is 10.2 Å². The first-order valence-electron chi connectivity index (χ1n) is 8.51. The van der Waals surface area contributed by atoms with Gasteiger partial charge in [-0.3, -0.25) is 9.69 Å². The SMILES string of the molecule is COc1ccc(C2CCN(CC(=O)NCc3ccc(F)cc3)C2)cc1. The third-order valence-corrected chi connectivity index (χ3v) is 4.63. The van der Waals surface area contributed by atoms with Crippen molar-refractivity contribution in [3.63, 3.8) is 0 Å². The van der Waals surface area contributed by atoms with Gasteiger partial charge in [0.05, 0.1) is 13.7 Å². The topological polar surface area (TPSA) is 41.6 Å². The molecule has 0 saturated carbocycles. The first-order valence-corrected chi connectivity index (χ1v) is 8.51. The van der Waals surface area contributed by atoms with Gasteiger partial charge in [-0.25, -0.2) is 4.39 Å². The summed E-state index contributed by atoms with van der Waals surface area (Å²) in [7, 11) is 1.66. The van der Waals surface area contributed by atoms with Gasteiger partial charge in [-0.05, 0) is 54.3 Å². The summed E-state index contributed by atoms with van der Waals surface area (Å²) in [4.78, 5) is 14.3. The molecule has 0 bridgehead atoms. The average molecular weight is 342 g/mol. The van der Waals surface area contributed by atoms with Crippen molar-refractivity contribution in [3.05, 3.63) is 65.5 Å². The number of amides is 1. The van der Waals surface area contributed by atoms with E-state index < -0.39 is 0 Å². The lowest BCUT2D eigenvalue weighted by Crippen LogP contribution is -2.35. The number of carbonyl (C=O) groups is 1. The molecular formula is C20H23FN2O2. The van der Waals surface area contributed by atoms with E-state index in [1.807, 2.05) is 12.1 Å². The van der Waals surface area contributed by atoms with Gasteiger partial charge in [-0.15, -0.1) is 0 Å². The Labute approximate surface area is 147 Å². The maximum absolute atomic E-state index is 12.9. The highest BCUT2D eigenvalue weighted by atomic mass is 19.1. The highest BCUT2D eigenvalue weighted by Gasteiger charge is 2.25. The van der Waals surface area contributed by atoms with Gasteiger partial charge < -0.3 is 10.1 Å². The number of nitrogens with zero attached hydrogens (tertiary/aromatic N) is 1. The molecule has 1 unspecified atom stereocenters. The van der Waals surface area contributed by atoms with Crippen LogP contribution in [0.3, 0.4) is 0 Å². The summed E-state index contributed by atoms with van der Waals surface area (Å²) in [6.07, 6.45) is 1.05. The van der Waals surface area contributed by atoms with E-state index in [-0.39, 0.29) is 11.7 Å². The van der Waals surface area contributed by atoms with Gasteiger partial charge in [0.2, 0.25) is 5.91 Å². The van der Waals surface area contributed by atoms with E-state index in [1.165, 1.54) is 17.7 Å². The maximum Gasteiger partial charge on any atom is 0.234 e. The Morgan fingerprint density at radius 2 is 1.92 bits per heavy atom. The number of benzene rings is 2. The molecule has 0 radical (unpaired) electrons. The van der Waals surface area contributed by atoms with Gasteiger partial charge in [0.15, 0.2) is 0 Å². The molecule has 132 valence electrons. The Bertz CT molecular complexity index is 701. The molecule has 3 rings (SSSR count). The zero-order chi connectivity index (χ0) is 17.6. The molecule has 1 amide bonds. The molecule has 0 aliphatic carbocycles. The molecule has 1 aliphatic heterocycles. The van der Waals surface area contributed by atoms with Crippen LogP contribution in [0, 0.1) is 5.82 Å². The summed E-state index contributed by atoms with van der Waals surface area (Å²) in [5, 5.41) is 2.90. The van der Waals surface area contributed by atoms with Crippen LogP contribution < -0.4 is 10.1 Å². The summed E-state index contributed by atoms with van der Waals surface area (Å²) < 4.78 is 18.1. The minimum Gasteiger partial charge on any atom is -0.497 e. The van der Waals surface area contributed by atoms with Gasteiger partial charge in [-0.2, -0.15) is 0 Å². The predicted octanol–water partition coefficient (Wildman–Crippen LogP) is 2.94. The van der Waals surface area contributed by atoms with E-state index in [1.54, 1.807) is 19.2 Å². The molecule has 1 N–H and O–H groups in total. The lowest BCUT2D eigenvalue weighted by atomic mass is 9.98. The molecule has 25 heavy (non-hydrogen) atoms. The fourth-order valence-electron chi connectivity index (χ4n) is 3.19. The second-order valence-corrected chi connectivity index (χ2v) is 6.40. The summed E-state index contributed by atoms with van der Waals surface area (Å²) in [5.41, 5.74) is 2.18. The molecule has 2 aromatic carbocycles. The number of rotatable bonds is 6. The van der Waals surface area contributed by atoms with Gasteiger partial charge in [-0.1, -0.05) is 24.3 Å². The molecular weight excluding hydrogens is 319 g/mol. The van der Waals surface area contributed by atoms with Crippen LogP contribution in [0.1, 0.15) is 23.5 Å². The number of hydrogen-bond donors (Lipinski definition) is 1. The van der Waals surface area contributed by atoms with Crippen molar-refractivity contribution in [2.24, 2.45) is 0 Å². The Morgan fingerprint density at radius 3 is 2.60 bits per heavy atom. The number of ether oxygens (including phenoxy) is 1. The number of nitrogens with one attached hydrogen (secondary N) is 1. The molecule has 5 heteroatoms. The van der Waals surface area contributed by atoms with Crippen LogP contribution in [0.15, 0.2) is 48.5 Å². The van der Waals surface area contributed by atoms with Crippen LogP contribution in [0.5, 0.6) is 5.75 Å². The first kappa shape index (κ1) is 17.4. The van der Waals surface area contributed by atoms with Crippen LogP contribution in [-0.4, -0.2) is 37.6 Å². The zero-order valence-corrected chi connectivity index (χ0v) is 14.4. The summed E-state index contributed by atoms with van der Waals surface area (Å²) in [6, 6.07) is 14.3. The van der Waals surface area contributed by atoms with Crippen LogP contribution in [0.25, 0.3) is 0 Å². The fourth-order valence-corrected chi connectivity index (χ4v) is 3.19. The third kappa shape index (κ3) is 4.79. The molecule has 1 saturated heterocycles. The van der Waals surface area contributed by atoms with Crippen molar-refractivity contribution in [2.75, 3.05) is 26.7 Å². The van der Waals surface area contributed by atoms with E-state index in [0.29, 0.717) is 19.0 Å². The van der Waals surface area contributed by atoms with Crippen molar-refractivity contribution in [1.29, 1.82) is 0 Å². The summed E-state index contributed by atoms with van der Waals surface area (Å²) in [6.45, 7) is 2.62. The highest BCUT2D eigenvalue weighted by Crippen LogP contribution is 2.28. The number of hydrogen-bond acceptors (Lipinski definition) is 3. The number of carbonyl (C=O) groups excluding carboxylic acids is 1. The quantitative estimate of drug-likeness (QED) is 0.878. The fraction of sp³-hybridized carbons (Fsp3) is 0.350. The van der Waals surface area contributed by atoms with E-state index in [2.05, 4.69) is 22.3 Å². The highest BCUT2D eigenvalue weighted by molar-refractivity contribution is 5.78. The maximum atomic E-state index is 12.9. The van der Waals surface area contributed by atoms with E-state index in [0.717, 1.165) is 30.8 Å². The van der Waals surface area contributed by atoms with Crippen LogP contribution >= 0.6 is 0 Å². The second kappa shape index (κ2) is 8.12. The van der Waals surface area contributed by atoms with Crippen molar-refractivity contribution < 1.29 is 13.9 Å². The molecule has 2 aromatic rings. The monoisotopic (exact) mass is 342 g/mol. The zero-order valence-electron chi connectivity index (χ0n) is 14.4. The molecule has 1 heterocycles. The number of halogens is 1. The van der Waals surface area contributed by atoms with Crippen LogP contribution in [-0.2, 0) is 11.3 Å². The Morgan fingerprint density at radius 1 is 1.20 bits per heavy atom. The summed E-state index contributed by atoms with van der Waals surface area (Å²) in [5.74, 6) is 1.05. The van der Waals surface area contributed by atoms with Crippen molar-refractivity contribution in [3.8, 4) is 5.75 Å². The average Bonchev–Trinajstić information content (AvgIpc) is 3.10. The smallest absolute Gasteiger partial charge is 0.234 e. The molecule has 1 fully saturated rings. The first-order chi connectivity index (χ1) is 12.1. The molecule has 1 atom stereocenters. The molecule has 0 aromatic heterocycles. The normalized spacial score (nSPS) is 17.4. The van der Waals surface area contributed by atoms with Crippen LogP contribution in [0.2, 0.25) is 0 Å². The molecule has 1 aliphatic rings. The van der Waals surface area contributed by atoms with Gasteiger partial charge in [0.1, 0.15) is 11.6 Å². The largest absolute Gasteiger partial charge is 0.497 e. The lowest BCUT2D eigenvalue weighted by molar-refractivity contribution is -0.122. The van der Waals surface area contributed by atoms with E-state index >= 15 is 0 Å². The van der Waals surface area contributed by atoms with E-state index in [9.17, 15) is 9.18 Å². The van der Waals surface area contributed by atoms with Crippen molar-refractivity contribution >= 4 is 5.91 Å². The Kier molecular flexibility index (Phi) is 5.66. The van der Waals surface area contributed by atoms with Gasteiger partial charge in [0, 0.05) is 13.1 Å². The van der Waals surface area contributed by atoms with Crippen LogP contribution in [0.4, 0.5) is 4.39 Å². The van der Waals surface area contributed by atoms with Gasteiger partial charge >= 0.3 is 0 Å².